The van der Waals surface area contributed by atoms with Crippen molar-refractivity contribution in [2.45, 2.75) is 0 Å². The van der Waals surface area contributed by atoms with Crippen LogP contribution in [0.4, 0.5) is 4.79 Å². The second-order valence-electron chi connectivity index (χ2n) is 1.58. The highest BCUT2D eigenvalue weighted by atomic mass is 32.1. The lowest BCUT2D eigenvalue weighted by atomic mass is 11.6. The van der Waals surface area contributed by atoms with Gasteiger partial charge < -0.3 is 14.9 Å². The summed E-state index contributed by atoms with van der Waals surface area (Å²) in [6, 6.07) is 0. The van der Waals surface area contributed by atoms with Crippen LogP contribution in [0.3, 0.4) is 0 Å². The third-order valence-corrected chi connectivity index (χ3v) is 5.54. The maximum atomic E-state index is 10.6. The van der Waals surface area contributed by atoms with Crippen molar-refractivity contribution >= 4 is 20.0 Å². The van der Waals surface area contributed by atoms with Crippen molar-refractivity contribution in [3.05, 3.63) is 10.1 Å². The van der Waals surface area contributed by atoms with Crippen LogP contribution in [0.5, 0.6) is 0 Å². The van der Waals surface area contributed by atoms with Crippen LogP contribution in [0.15, 0.2) is 0 Å². The zero-order valence-corrected chi connectivity index (χ0v) is 7.01. The van der Waals surface area contributed by atoms with Crippen LogP contribution in [0.1, 0.15) is 0 Å². The molecule has 0 bridgehead atoms. The van der Waals surface area contributed by atoms with Gasteiger partial charge in [0.25, 0.3) is 0 Å². The lowest BCUT2D eigenvalue weighted by molar-refractivity contribution is -0.307. The number of hydrogen-bond donors (Lipinski definition) is 3. The largest absolute Gasteiger partial charge is 0.577 e. The minimum atomic E-state index is -5.74. The van der Waals surface area contributed by atoms with Gasteiger partial charge in [-0.2, -0.15) is 0 Å². The van der Waals surface area contributed by atoms with Crippen LogP contribution < -0.4 is 0 Å². The van der Waals surface area contributed by atoms with Crippen molar-refractivity contribution in [3.8, 4) is 0 Å². The Morgan fingerprint density at radius 3 is 1.67 bits per heavy atom. The lowest BCUT2D eigenvalue weighted by Crippen LogP contribution is -2.05. The molecular formula is CH3NO8P2. The summed E-state index contributed by atoms with van der Waals surface area (Å²) in [5.74, 6) is 0. The molecule has 0 saturated carbocycles. The van der Waals surface area contributed by atoms with Crippen LogP contribution in [0.25, 0.3) is 0 Å². The van der Waals surface area contributed by atoms with E-state index in [0.29, 0.717) is 0 Å². The molecule has 0 radical (unpaired) electrons. The highest BCUT2D eigenvalue weighted by Crippen LogP contribution is 2.77. The average molecular weight is 219 g/mol. The molecule has 0 aromatic carbocycles. The molecule has 0 aliphatic carbocycles. The van der Waals surface area contributed by atoms with E-state index in [2.05, 4.69) is 0 Å². The van der Waals surface area contributed by atoms with Crippen molar-refractivity contribution < 1.29 is 33.5 Å². The Bertz CT molecular complexity index is 293. The van der Waals surface area contributed by atoms with Gasteiger partial charge in [-0.15, -0.1) is 0 Å². The topological polar surface area (TPSA) is 155 Å². The summed E-state index contributed by atoms with van der Waals surface area (Å²) in [6.45, 7) is -5.74. The molecule has 0 heterocycles. The molecule has 3 N–H and O–H groups in total. The van der Waals surface area contributed by atoms with Crippen LogP contribution in [0.2, 0.25) is 0 Å². The molecule has 0 rings (SSSR count). The molecule has 12 heavy (non-hydrogen) atoms. The first kappa shape index (κ1) is 11.2. The van der Waals surface area contributed by atoms with Gasteiger partial charge in [-0.05, 0) is 0 Å². The van der Waals surface area contributed by atoms with Gasteiger partial charge >= 0.3 is 20.0 Å². The molecule has 0 amide bonds. The summed E-state index contributed by atoms with van der Waals surface area (Å²) < 4.78 is 18.8. The number of nitro groups is 1. The fourth-order valence-electron chi connectivity index (χ4n) is 0.276. The van der Waals surface area contributed by atoms with E-state index in [4.69, 9.17) is 14.9 Å². The van der Waals surface area contributed by atoms with E-state index in [1.807, 2.05) is 0 Å². The van der Waals surface area contributed by atoms with E-state index in [-0.39, 0.29) is 0 Å². The molecule has 0 aromatic rings. The summed E-state index contributed by atoms with van der Waals surface area (Å²) in [6.07, 6.45) is 0. The van der Waals surface area contributed by atoms with Gasteiger partial charge in [-0.25, -0.2) is 13.9 Å². The van der Waals surface area contributed by atoms with Crippen LogP contribution in [-0.4, -0.2) is 25.3 Å². The third-order valence-electron chi connectivity index (χ3n) is 0.824. The van der Waals surface area contributed by atoms with Crippen molar-refractivity contribution in [3.63, 3.8) is 0 Å². The number of rotatable bonds is 3. The summed E-state index contributed by atoms with van der Waals surface area (Å²) >= 11 is 0. The van der Waals surface area contributed by atoms with Gasteiger partial charge in [-0.1, -0.05) is 0 Å². The zero-order valence-electron chi connectivity index (χ0n) is 5.22. The molecule has 0 aliphatic rings. The Morgan fingerprint density at radius 2 is 1.67 bits per heavy atom. The normalized spacial score (nSPS) is 16.5. The van der Waals surface area contributed by atoms with Crippen LogP contribution in [0, 0.1) is 10.1 Å². The average Bonchev–Trinajstić information content (AvgIpc) is 1.82. The first-order chi connectivity index (χ1) is 5.14. The predicted octanol–water partition coefficient (Wildman–Crippen LogP) is 0.312. The number of nitrogens with zero attached hydrogens (tertiary/aromatic N) is 1. The smallest absolute Gasteiger partial charge is 0.471 e. The monoisotopic (exact) mass is 219 g/mol. The molecule has 0 aliphatic heterocycles. The summed E-state index contributed by atoms with van der Waals surface area (Å²) in [7, 11) is -5.74. The van der Waals surface area contributed by atoms with Gasteiger partial charge in [-0.3, -0.25) is 10.1 Å². The number of carboxylic acid groups (broad SMARTS) is 1. The van der Waals surface area contributed by atoms with Crippen LogP contribution in [-0.2, 0) is 9.13 Å². The van der Waals surface area contributed by atoms with Gasteiger partial charge in [0.05, 0.1) is 4.69 Å². The lowest BCUT2D eigenvalue weighted by Gasteiger charge is -2.04. The maximum Gasteiger partial charge on any atom is 0.577 e. The minimum absolute atomic E-state index is 1.96. The Hall–Kier alpha value is -0.750. The van der Waals surface area contributed by atoms with E-state index < -0.39 is 24.7 Å². The Morgan fingerprint density at radius 1 is 1.33 bits per heavy atom. The van der Waals surface area contributed by atoms with Crippen molar-refractivity contribution in [1.82, 2.24) is 0 Å². The van der Waals surface area contributed by atoms with E-state index >= 15 is 0 Å². The van der Waals surface area contributed by atoms with Gasteiger partial charge in [0.15, 0.2) is 0 Å². The van der Waals surface area contributed by atoms with Crippen molar-refractivity contribution in [2.24, 2.45) is 0 Å². The Labute approximate surface area is 64.6 Å². The summed E-state index contributed by atoms with van der Waals surface area (Å²) in [5, 5.41) is 17.7. The first-order valence-electron chi connectivity index (χ1n) is 2.18. The maximum absolute atomic E-state index is 10.6. The summed E-state index contributed by atoms with van der Waals surface area (Å²) in [4.78, 5) is 35.9. The molecule has 0 fully saturated rings. The fourth-order valence-corrected chi connectivity index (χ4v) is 2.07. The standard InChI is InChI=1S/CH3NO8P2/c3-1(4)11(7,2(5)6)12(8,9)10/h(H,3,4)(H2,8,9,10). The molecule has 1 atom stereocenters. The molecule has 70 valence electrons. The van der Waals surface area contributed by atoms with Gasteiger partial charge in [0.2, 0.25) is 0 Å². The van der Waals surface area contributed by atoms with Gasteiger partial charge in [0.1, 0.15) is 0 Å². The first-order valence-corrected chi connectivity index (χ1v) is 6.16. The second kappa shape index (κ2) is 2.95. The zero-order chi connectivity index (χ0) is 10.2. The number of hydrogen-bond acceptors (Lipinski definition) is 5. The van der Waals surface area contributed by atoms with E-state index in [0.717, 1.165) is 0 Å². The van der Waals surface area contributed by atoms with Gasteiger partial charge in [0, 0.05) is 0 Å². The molecule has 0 aromatic heterocycles. The van der Waals surface area contributed by atoms with E-state index in [9.17, 15) is 24.0 Å². The molecule has 0 spiro atoms. The fraction of sp³-hybridized carbons (Fsp3) is 0. The van der Waals surface area contributed by atoms with E-state index in [1.165, 1.54) is 0 Å². The molecule has 11 heteroatoms. The minimum Gasteiger partial charge on any atom is -0.471 e. The number of carbonyl (C=O) groups is 1. The van der Waals surface area contributed by atoms with Crippen molar-refractivity contribution in [2.75, 3.05) is 0 Å². The highest BCUT2D eigenvalue weighted by Gasteiger charge is 2.62. The molecule has 1 unspecified atom stereocenters. The molecular weight excluding hydrogens is 216 g/mol. The summed E-state index contributed by atoms with van der Waals surface area (Å²) in [5.41, 5.74) is -2.61. The Kier molecular flexibility index (Phi) is 2.76. The second-order valence-corrected chi connectivity index (χ2v) is 7.59. The Balaban J connectivity index is 5.51. The predicted molar refractivity (Wildman–Crippen MR) is 34.7 cm³/mol. The highest BCUT2D eigenvalue weighted by molar-refractivity contribution is 8.35. The quantitative estimate of drug-likeness (QED) is 0.347. The molecule has 0 saturated heterocycles. The molecule has 9 nitrogen and oxygen atoms in total. The van der Waals surface area contributed by atoms with Crippen LogP contribution >= 0.6 is 14.3 Å². The van der Waals surface area contributed by atoms with Crippen molar-refractivity contribution in [1.29, 1.82) is 0 Å². The SMILES string of the molecule is O=C(O)P(=O)([N+](=O)[O-])P(=O)(O)O. The van der Waals surface area contributed by atoms with E-state index in [1.54, 1.807) is 0 Å². The third kappa shape index (κ3) is 1.54.